The van der Waals surface area contributed by atoms with Crippen LogP contribution in [-0.2, 0) is 4.74 Å². The number of hydrogen-bond donors (Lipinski definition) is 0. The van der Waals surface area contributed by atoms with E-state index in [0.717, 1.165) is 19.4 Å². The minimum atomic E-state index is 0.194. The molecule has 0 aromatic rings. The van der Waals surface area contributed by atoms with Gasteiger partial charge in [0, 0.05) is 6.61 Å². The highest BCUT2D eigenvalue weighted by Gasteiger charge is 2.03. The molecule has 0 aliphatic rings. The van der Waals surface area contributed by atoms with Crippen molar-refractivity contribution < 1.29 is 4.74 Å². The van der Waals surface area contributed by atoms with Crippen molar-refractivity contribution in [3.05, 3.63) is 6.92 Å². The predicted octanol–water partition coefficient (Wildman–Crippen LogP) is 2.66. The number of ether oxygens (including phenoxy) is 1. The maximum absolute atomic E-state index is 5.39. The molecule has 61 valence electrons. The van der Waals surface area contributed by atoms with Gasteiger partial charge in [-0.1, -0.05) is 20.8 Å². The average Bonchev–Trinajstić information content (AvgIpc) is 1.82. The van der Waals surface area contributed by atoms with Crippen LogP contribution >= 0.6 is 0 Å². The van der Waals surface area contributed by atoms with Gasteiger partial charge in [-0.25, -0.2) is 0 Å². The molecular formula is C9H19O. The molecule has 0 bridgehead atoms. The third kappa shape index (κ3) is 6.09. The number of rotatable bonds is 5. The Morgan fingerprint density at radius 2 is 2.00 bits per heavy atom. The van der Waals surface area contributed by atoms with Crippen molar-refractivity contribution in [2.24, 2.45) is 5.92 Å². The van der Waals surface area contributed by atoms with E-state index in [1.807, 2.05) is 0 Å². The van der Waals surface area contributed by atoms with Crippen LogP contribution in [0.5, 0.6) is 0 Å². The molecule has 0 fully saturated rings. The summed E-state index contributed by atoms with van der Waals surface area (Å²) in [5, 5.41) is 0. The first-order valence-corrected chi connectivity index (χ1v) is 4.11. The second kappa shape index (κ2) is 5.72. The number of hydrogen-bond acceptors (Lipinski definition) is 1. The van der Waals surface area contributed by atoms with Crippen LogP contribution in [0.25, 0.3) is 0 Å². The zero-order chi connectivity index (χ0) is 7.98. The van der Waals surface area contributed by atoms with Crippen molar-refractivity contribution in [2.45, 2.75) is 39.7 Å². The SMILES string of the molecule is [CH2]C(CC(C)C)OCCC. The summed E-state index contributed by atoms with van der Waals surface area (Å²) in [6.45, 7) is 11.2. The maximum Gasteiger partial charge on any atom is 0.0578 e. The average molecular weight is 143 g/mol. The smallest absolute Gasteiger partial charge is 0.0578 e. The topological polar surface area (TPSA) is 9.23 Å². The maximum atomic E-state index is 5.39. The molecule has 1 atom stereocenters. The molecule has 0 aliphatic heterocycles. The van der Waals surface area contributed by atoms with Gasteiger partial charge in [-0.3, -0.25) is 0 Å². The minimum Gasteiger partial charge on any atom is -0.378 e. The summed E-state index contributed by atoms with van der Waals surface area (Å²) < 4.78 is 5.39. The molecule has 0 saturated heterocycles. The Hall–Kier alpha value is -0.0400. The van der Waals surface area contributed by atoms with E-state index in [1.54, 1.807) is 0 Å². The summed E-state index contributed by atoms with van der Waals surface area (Å²) in [4.78, 5) is 0. The first-order chi connectivity index (χ1) is 4.66. The van der Waals surface area contributed by atoms with E-state index in [9.17, 15) is 0 Å². The summed E-state index contributed by atoms with van der Waals surface area (Å²) in [5.41, 5.74) is 0. The zero-order valence-electron chi connectivity index (χ0n) is 7.39. The molecule has 1 unspecified atom stereocenters. The third-order valence-corrected chi connectivity index (χ3v) is 1.29. The van der Waals surface area contributed by atoms with Gasteiger partial charge in [-0.15, -0.1) is 0 Å². The van der Waals surface area contributed by atoms with Crippen LogP contribution in [0.2, 0.25) is 0 Å². The van der Waals surface area contributed by atoms with Gasteiger partial charge < -0.3 is 4.74 Å². The Kier molecular flexibility index (Phi) is 5.70. The van der Waals surface area contributed by atoms with Crippen molar-refractivity contribution in [1.29, 1.82) is 0 Å². The molecule has 10 heavy (non-hydrogen) atoms. The lowest BCUT2D eigenvalue weighted by Crippen LogP contribution is -2.11. The second-order valence-corrected chi connectivity index (χ2v) is 3.12. The molecule has 1 radical (unpaired) electrons. The van der Waals surface area contributed by atoms with Crippen molar-refractivity contribution >= 4 is 0 Å². The fraction of sp³-hybridized carbons (Fsp3) is 0.889. The fourth-order valence-corrected chi connectivity index (χ4v) is 0.878. The van der Waals surface area contributed by atoms with Gasteiger partial charge in [-0.2, -0.15) is 0 Å². The van der Waals surface area contributed by atoms with E-state index >= 15 is 0 Å². The lowest BCUT2D eigenvalue weighted by molar-refractivity contribution is 0.0697. The van der Waals surface area contributed by atoms with Crippen LogP contribution in [0, 0.1) is 12.8 Å². The van der Waals surface area contributed by atoms with E-state index < -0.39 is 0 Å². The van der Waals surface area contributed by atoms with E-state index in [0.29, 0.717) is 5.92 Å². The highest BCUT2D eigenvalue weighted by molar-refractivity contribution is 4.61. The van der Waals surface area contributed by atoms with E-state index in [-0.39, 0.29) is 6.10 Å². The zero-order valence-corrected chi connectivity index (χ0v) is 7.39. The monoisotopic (exact) mass is 143 g/mol. The van der Waals surface area contributed by atoms with Gasteiger partial charge in [0.1, 0.15) is 0 Å². The Balaban J connectivity index is 3.16. The molecule has 0 aromatic carbocycles. The molecule has 1 nitrogen and oxygen atoms in total. The molecule has 1 heteroatoms. The van der Waals surface area contributed by atoms with Gasteiger partial charge in [0.25, 0.3) is 0 Å². The van der Waals surface area contributed by atoms with Crippen molar-refractivity contribution in [1.82, 2.24) is 0 Å². The quantitative estimate of drug-likeness (QED) is 0.575. The summed E-state index contributed by atoms with van der Waals surface area (Å²) in [7, 11) is 0. The minimum absolute atomic E-state index is 0.194. The van der Waals surface area contributed by atoms with Crippen LogP contribution < -0.4 is 0 Å². The van der Waals surface area contributed by atoms with Gasteiger partial charge in [0.05, 0.1) is 6.10 Å². The Labute approximate surface area is 64.8 Å². The van der Waals surface area contributed by atoms with Gasteiger partial charge >= 0.3 is 0 Å². The predicted molar refractivity (Wildman–Crippen MR) is 44.8 cm³/mol. The van der Waals surface area contributed by atoms with Gasteiger partial charge in [0.2, 0.25) is 0 Å². The molecule has 0 saturated carbocycles. The summed E-state index contributed by atoms with van der Waals surface area (Å²) in [6, 6.07) is 0. The molecule has 0 rings (SSSR count). The molecule has 0 N–H and O–H groups in total. The lowest BCUT2D eigenvalue weighted by Gasteiger charge is -2.13. The standard InChI is InChI=1S/C9H19O/c1-5-6-10-9(4)7-8(2)3/h8-9H,4-7H2,1-3H3. The largest absolute Gasteiger partial charge is 0.378 e. The molecule has 0 aromatic heterocycles. The van der Waals surface area contributed by atoms with Crippen molar-refractivity contribution in [3.63, 3.8) is 0 Å². The summed E-state index contributed by atoms with van der Waals surface area (Å²) in [6.07, 6.45) is 2.35. The summed E-state index contributed by atoms with van der Waals surface area (Å²) >= 11 is 0. The van der Waals surface area contributed by atoms with E-state index in [2.05, 4.69) is 27.7 Å². The van der Waals surface area contributed by atoms with Gasteiger partial charge in [-0.05, 0) is 25.7 Å². The normalized spacial score (nSPS) is 14.1. The van der Waals surface area contributed by atoms with Gasteiger partial charge in [0.15, 0.2) is 0 Å². The van der Waals surface area contributed by atoms with Crippen molar-refractivity contribution in [3.8, 4) is 0 Å². The van der Waals surface area contributed by atoms with Crippen LogP contribution in [0.4, 0.5) is 0 Å². The lowest BCUT2D eigenvalue weighted by atomic mass is 10.1. The van der Waals surface area contributed by atoms with Crippen LogP contribution in [-0.4, -0.2) is 12.7 Å². The Morgan fingerprint density at radius 3 is 2.40 bits per heavy atom. The third-order valence-electron chi connectivity index (χ3n) is 1.29. The highest BCUT2D eigenvalue weighted by Crippen LogP contribution is 2.06. The fourth-order valence-electron chi connectivity index (χ4n) is 0.878. The first kappa shape index (κ1) is 9.96. The Morgan fingerprint density at radius 1 is 1.40 bits per heavy atom. The van der Waals surface area contributed by atoms with E-state index in [4.69, 9.17) is 4.74 Å². The molecule has 0 aliphatic carbocycles. The summed E-state index contributed by atoms with van der Waals surface area (Å²) in [5.74, 6) is 0.694. The molecule has 0 spiro atoms. The first-order valence-electron chi connectivity index (χ1n) is 4.11. The molecule has 0 amide bonds. The molecular weight excluding hydrogens is 124 g/mol. The van der Waals surface area contributed by atoms with E-state index in [1.165, 1.54) is 0 Å². The second-order valence-electron chi connectivity index (χ2n) is 3.12. The molecule has 0 heterocycles. The Bertz CT molecular complexity index is 69.1. The highest BCUT2D eigenvalue weighted by atomic mass is 16.5. The van der Waals surface area contributed by atoms with Crippen LogP contribution in [0.3, 0.4) is 0 Å². The van der Waals surface area contributed by atoms with Crippen LogP contribution in [0.15, 0.2) is 0 Å². The van der Waals surface area contributed by atoms with Crippen molar-refractivity contribution in [2.75, 3.05) is 6.61 Å². The van der Waals surface area contributed by atoms with Crippen LogP contribution in [0.1, 0.15) is 33.6 Å².